The highest BCUT2D eigenvalue weighted by molar-refractivity contribution is 6.00. The van der Waals surface area contributed by atoms with Gasteiger partial charge in [-0.05, 0) is 30.9 Å². The number of halogens is 1. The maximum atomic E-state index is 13.4. The Morgan fingerprint density at radius 3 is 2.60 bits per heavy atom. The van der Waals surface area contributed by atoms with Crippen molar-refractivity contribution in [1.29, 1.82) is 0 Å². The Morgan fingerprint density at radius 2 is 2.07 bits per heavy atom. The second-order valence-corrected chi connectivity index (χ2v) is 5.09. The van der Waals surface area contributed by atoms with Crippen LogP contribution in [0.2, 0.25) is 0 Å². The summed E-state index contributed by atoms with van der Waals surface area (Å²) >= 11 is 0. The van der Waals surface area contributed by atoms with E-state index in [1.807, 2.05) is 20.8 Å². The van der Waals surface area contributed by atoms with Gasteiger partial charge in [-0.2, -0.15) is 0 Å². The lowest BCUT2D eigenvalue weighted by Gasteiger charge is -2.05. The molecule has 0 saturated heterocycles. The molecule has 80 valence electrons. The van der Waals surface area contributed by atoms with Crippen molar-refractivity contribution in [3.05, 3.63) is 35.1 Å². The van der Waals surface area contributed by atoms with Crippen LogP contribution in [0.1, 0.15) is 36.2 Å². The summed E-state index contributed by atoms with van der Waals surface area (Å²) in [5.74, 6) is -0.427. The molecular weight excluding hydrogens is 191 g/mol. The van der Waals surface area contributed by atoms with Crippen molar-refractivity contribution >= 4 is 5.78 Å². The molecular formula is C13H15FO. The number of hydrogen-bond acceptors (Lipinski definition) is 1. The zero-order valence-electron chi connectivity index (χ0n) is 9.30. The van der Waals surface area contributed by atoms with Crippen LogP contribution in [0.15, 0.2) is 18.2 Å². The summed E-state index contributed by atoms with van der Waals surface area (Å²) in [6.07, 6.45) is 0.874. The van der Waals surface area contributed by atoms with Gasteiger partial charge in [0.05, 0.1) is 5.56 Å². The average Bonchev–Trinajstić information content (AvgIpc) is 2.78. The van der Waals surface area contributed by atoms with E-state index in [0.717, 1.165) is 12.0 Å². The number of carbonyl (C=O) groups excluding carboxylic acids is 1. The summed E-state index contributed by atoms with van der Waals surface area (Å²) in [4.78, 5) is 12.0. The summed E-state index contributed by atoms with van der Waals surface area (Å²) in [6.45, 7) is 5.96. The molecule has 1 nitrogen and oxygen atoms in total. The largest absolute Gasteiger partial charge is 0.294 e. The van der Waals surface area contributed by atoms with Crippen LogP contribution in [0.5, 0.6) is 0 Å². The van der Waals surface area contributed by atoms with E-state index in [0.29, 0.717) is 0 Å². The van der Waals surface area contributed by atoms with Gasteiger partial charge in [0, 0.05) is 5.92 Å². The van der Waals surface area contributed by atoms with Crippen molar-refractivity contribution in [2.75, 3.05) is 0 Å². The number of rotatable bonds is 2. The summed E-state index contributed by atoms with van der Waals surface area (Å²) in [6, 6.07) is 4.70. The van der Waals surface area contributed by atoms with Crippen LogP contribution in [0, 0.1) is 24.1 Å². The minimum absolute atomic E-state index is 0.00815. The smallest absolute Gasteiger partial charge is 0.169 e. The van der Waals surface area contributed by atoms with Gasteiger partial charge in [0.15, 0.2) is 5.78 Å². The molecule has 1 saturated carbocycles. The fourth-order valence-corrected chi connectivity index (χ4v) is 1.93. The Kier molecular flexibility index (Phi) is 2.18. The van der Waals surface area contributed by atoms with Crippen molar-refractivity contribution in [1.82, 2.24) is 0 Å². The van der Waals surface area contributed by atoms with E-state index >= 15 is 0 Å². The van der Waals surface area contributed by atoms with Crippen LogP contribution in [0.4, 0.5) is 4.39 Å². The van der Waals surface area contributed by atoms with Gasteiger partial charge in [-0.15, -0.1) is 0 Å². The molecule has 2 rings (SSSR count). The molecule has 0 spiro atoms. The third-order valence-electron chi connectivity index (χ3n) is 3.22. The van der Waals surface area contributed by atoms with Crippen molar-refractivity contribution in [3.8, 4) is 0 Å². The zero-order chi connectivity index (χ0) is 11.2. The molecule has 1 unspecified atom stereocenters. The standard InChI is InChI=1S/C13H15FO/c1-8-4-5-11(14)9(6-8)12(15)10-7-13(10,2)3/h4-6,10H,7H2,1-3H3. The Hall–Kier alpha value is -1.18. The van der Waals surface area contributed by atoms with E-state index < -0.39 is 5.82 Å². The molecule has 1 aromatic carbocycles. The second-order valence-electron chi connectivity index (χ2n) is 5.09. The van der Waals surface area contributed by atoms with Crippen LogP contribution in [0.3, 0.4) is 0 Å². The molecule has 1 aromatic rings. The molecule has 0 radical (unpaired) electrons. The number of aryl methyl sites for hydroxylation is 1. The third-order valence-corrected chi connectivity index (χ3v) is 3.22. The Bertz CT molecular complexity index is 421. The van der Waals surface area contributed by atoms with Gasteiger partial charge in [0.2, 0.25) is 0 Å². The Morgan fingerprint density at radius 1 is 1.47 bits per heavy atom. The van der Waals surface area contributed by atoms with Crippen molar-refractivity contribution in [2.24, 2.45) is 11.3 Å². The zero-order valence-corrected chi connectivity index (χ0v) is 9.30. The lowest BCUT2D eigenvalue weighted by atomic mass is 9.99. The molecule has 0 bridgehead atoms. The average molecular weight is 206 g/mol. The van der Waals surface area contributed by atoms with Crippen LogP contribution in [0.25, 0.3) is 0 Å². The minimum atomic E-state index is -0.395. The number of ketones is 1. The van der Waals surface area contributed by atoms with Gasteiger partial charge < -0.3 is 0 Å². The lowest BCUT2D eigenvalue weighted by Crippen LogP contribution is -2.09. The topological polar surface area (TPSA) is 17.1 Å². The fraction of sp³-hybridized carbons (Fsp3) is 0.462. The molecule has 1 aliphatic rings. The van der Waals surface area contributed by atoms with Crippen LogP contribution in [-0.4, -0.2) is 5.78 Å². The molecule has 1 fully saturated rings. The molecule has 2 heteroatoms. The number of carbonyl (C=O) groups is 1. The molecule has 0 N–H and O–H groups in total. The molecule has 0 amide bonds. The van der Waals surface area contributed by atoms with E-state index in [1.54, 1.807) is 12.1 Å². The van der Waals surface area contributed by atoms with Gasteiger partial charge >= 0.3 is 0 Å². The summed E-state index contributed by atoms with van der Waals surface area (Å²) in [7, 11) is 0. The maximum Gasteiger partial charge on any atom is 0.169 e. The van der Waals surface area contributed by atoms with E-state index in [-0.39, 0.29) is 22.7 Å². The molecule has 0 aliphatic heterocycles. The highest BCUT2D eigenvalue weighted by Gasteiger charge is 2.50. The Labute approximate surface area is 89.3 Å². The molecule has 1 aliphatic carbocycles. The molecule has 0 aromatic heterocycles. The Balaban J connectivity index is 2.30. The van der Waals surface area contributed by atoms with E-state index in [1.165, 1.54) is 6.07 Å². The van der Waals surface area contributed by atoms with E-state index in [4.69, 9.17) is 0 Å². The van der Waals surface area contributed by atoms with Crippen LogP contribution in [-0.2, 0) is 0 Å². The lowest BCUT2D eigenvalue weighted by molar-refractivity contribution is 0.0949. The van der Waals surface area contributed by atoms with Crippen molar-refractivity contribution < 1.29 is 9.18 Å². The number of hydrogen-bond donors (Lipinski definition) is 0. The molecule has 15 heavy (non-hydrogen) atoms. The normalized spacial score (nSPS) is 22.5. The summed E-state index contributed by atoms with van der Waals surface area (Å²) < 4.78 is 13.4. The van der Waals surface area contributed by atoms with Crippen molar-refractivity contribution in [3.63, 3.8) is 0 Å². The van der Waals surface area contributed by atoms with Gasteiger partial charge in [-0.1, -0.05) is 25.5 Å². The van der Waals surface area contributed by atoms with Gasteiger partial charge in [0.25, 0.3) is 0 Å². The highest BCUT2D eigenvalue weighted by atomic mass is 19.1. The van der Waals surface area contributed by atoms with Gasteiger partial charge in [-0.3, -0.25) is 4.79 Å². The van der Waals surface area contributed by atoms with Gasteiger partial charge in [-0.25, -0.2) is 4.39 Å². The van der Waals surface area contributed by atoms with Crippen LogP contribution >= 0.6 is 0 Å². The first-order valence-corrected chi connectivity index (χ1v) is 5.22. The predicted molar refractivity (Wildman–Crippen MR) is 57.4 cm³/mol. The predicted octanol–water partition coefficient (Wildman–Crippen LogP) is 3.36. The summed E-state index contributed by atoms with van der Waals surface area (Å²) in [5, 5.41) is 0. The van der Waals surface area contributed by atoms with Crippen molar-refractivity contribution in [2.45, 2.75) is 27.2 Å². The quantitative estimate of drug-likeness (QED) is 0.678. The van der Waals surface area contributed by atoms with Crippen LogP contribution < -0.4 is 0 Å². The second kappa shape index (κ2) is 3.16. The highest BCUT2D eigenvalue weighted by Crippen LogP contribution is 2.53. The van der Waals surface area contributed by atoms with E-state index in [9.17, 15) is 9.18 Å². The first-order valence-electron chi connectivity index (χ1n) is 5.22. The minimum Gasteiger partial charge on any atom is -0.294 e. The number of benzene rings is 1. The molecule has 1 atom stereocenters. The third kappa shape index (κ3) is 1.81. The molecule has 0 heterocycles. The van der Waals surface area contributed by atoms with Gasteiger partial charge in [0.1, 0.15) is 5.82 Å². The fourth-order valence-electron chi connectivity index (χ4n) is 1.93. The summed E-state index contributed by atoms with van der Waals surface area (Å²) in [5.41, 5.74) is 1.25. The number of Topliss-reactive ketones (excluding diaryl/α,β-unsaturated/α-hetero) is 1. The SMILES string of the molecule is Cc1ccc(F)c(C(=O)C2CC2(C)C)c1. The first kappa shape index (κ1) is 10.3. The van der Waals surface area contributed by atoms with E-state index in [2.05, 4.69) is 0 Å². The monoisotopic (exact) mass is 206 g/mol. The maximum absolute atomic E-state index is 13.4. The first-order chi connectivity index (χ1) is 6.92.